The predicted octanol–water partition coefficient (Wildman–Crippen LogP) is 3.56. The van der Waals surface area contributed by atoms with Gasteiger partial charge in [0.2, 0.25) is 0 Å². The summed E-state index contributed by atoms with van der Waals surface area (Å²) in [7, 11) is 1.30. The van der Waals surface area contributed by atoms with Crippen molar-refractivity contribution < 1.29 is 22.6 Å². The minimum absolute atomic E-state index is 0.0658. The molecule has 1 radical (unpaired) electrons. The first kappa shape index (κ1) is 12.7. The van der Waals surface area contributed by atoms with Crippen LogP contribution in [-0.4, -0.2) is 13.5 Å². The SMILES string of the molecule is COc1cc([C](C)C)ccc1OC(F)(F)F. The molecule has 16 heavy (non-hydrogen) atoms. The highest BCUT2D eigenvalue weighted by Crippen LogP contribution is 2.34. The van der Waals surface area contributed by atoms with E-state index in [1.165, 1.54) is 19.2 Å². The maximum absolute atomic E-state index is 12.0. The Hall–Kier alpha value is -1.39. The molecule has 0 spiro atoms. The fourth-order valence-electron chi connectivity index (χ4n) is 1.19. The third kappa shape index (κ3) is 3.32. The smallest absolute Gasteiger partial charge is 0.493 e. The zero-order chi connectivity index (χ0) is 12.3. The number of benzene rings is 1. The van der Waals surface area contributed by atoms with E-state index in [2.05, 4.69) is 4.74 Å². The molecule has 0 fully saturated rings. The van der Waals surface area contributed by atoms with Gasteiger partial charge >= 0.3 is 6.36 Å². The summed E-state index contributed by atoms with van der Waals surface area (Å²) in [5, 5.41) is 0. The van der Waals surface area contributed by atoms with Gasteiger partial charge in [0.05, 0.1) is 7.11 Å². The van der Waals surface area contributed by atoms with Gasteiger partial charge in [-0.1, -0.05) is 19.9 Å². The summed E-state index contributed by atoms with van der Waals surface area (Å²) in [5.41, 5.74) is 0.811. The molecule has 89 valence electrons. The van der Waals surface area contributed by atoms with Crippen LogP contribution in [0.25, 0.3) is 0 Å². The normalized spacial score (nSPS) is 11.7. The number of methoxy groups -OCH3 is 1. The van der Waals surface area contributed by atoms with Gasteiger partial charge in [-0.3, -0.25) is 0 Å². The van der Waals surface area contributed by atoms with Crippen molar-refractivity contribution in [3.63, 3.8) is 0 Å². The molecule has 0 N–H and O–H groups in total. The molecule has 0 heterocycles. The fraction of sp³-hybridized carbons (Fsp3) is 0.364. The molecule has 0 amide bonds. The van der Waals surface area contributed by atoms with Gasteiger partial charge in [-0.05, 0) is 23.6 Å². The molecular formula is C11H12F3O2. The third-order valence-electron chi connectivity index (χ3n) is 1.97. The lowest BCUT2D eigenvalue weighted by atomic mass is 10.0. The van der Waals surface area contributed by atoms with Crippen molar-refractivity contribution in [3.8, 4) is 11.5 Å². The van der Waals surface area contributed by atoms with Crippen molar-refractivity contribution in [1.82, 2.24) is 0 Å². The summed E-state index contributed by atoms with van der Waals surface area (Å²) in [6, 6.07) is 4.31. The second-order valence-electron chi connectivity index (χ2n) is 3.41. The van der Waals surface area contributed by atoms with Crippen LogP contribution < -0.4 is 9.47 Å². The Balaban J connectivity index is 3.02. The first-order chi connectivity index (χ1) is 7.33. The molecule has 0 saturated carbocycles. The topological polar surface area (TPSA) is 18.5 Å². The number of alkyl halides is 3. The summed E-state index contributed by atoms with van der Waals surface area (Å²) in [6.45, 7) is 3.72. The molecule has 0 aliphatic carbocycles. The molecule has 0 atom stereocenters. The van der Waals surface area contributed by atoms with E-state index < -0.39 is 6.36 Å². The Morgan fingerprint density at radius 3 is 2.19 bits per heavy atom. The Morgan fingerprint density at radius 1 is 1.12 bits per heavy atom. The maximum atomic E-state index is 12.0. The zero-order valence-electron chi connectivity index (χ0n) is 9.18. The van der Waals surface area contributed by atoms with Crippen molar-refractivity contribution in [2.24, 2.45) is 0 Å². The summed E-state index contributed by atoms with van der Waals surface area (Å²) in [5.74, 6) is 0.716. The second kappa shape index (κ2) is 4.63. The van der Waals surface area contributed by atoms with E-state index in [4.69, 9.17) is 4.74 Å². The van der Waals surface area contributed by atoms with Crippen LogP contribution in [0.2, 0.25) is 0 Å². The molecule has 0 saturated heterocycles. The van der Waals surface area contributed by atoms with E-state index in [9.17, 15) is 13.2 Å². The standard InChI is InChI=1S/C11H12F3O2/c1-7(2)8-4-5-9(10(6-8)15-3)16-11(12,13)14/h4-6H,1-3H3. The molecule has 5 heteroatoms. The minimum Gasteiger partial charge on any atom is -0.493 e. The number of halogens is 3. The Morgan fingerprint density at radius 2 is 1.75 bits per heavy atom. The number of rotatable bonds is 3. The van der Waals surface area contributed by atoms with Crippen molar-refractivity contribution in [2.45, 2.75) is 20.2 Å². The highest BCUT2D eigenvalue weighted by molar-refractivity contribution is 5.46. The van der Waals surface area contributed by atoms with Crippen LogP contribution in [0.3, 0.4) is 0 Å². The third-order valence-corrected chi connectivity index (χ3v) is 1.97. The molecule has 0 aromatic heterocycles. The molecule has 1 rings (SSSR count). The molecule has 0 aliphatic heterocycles. The lowest BCUT2D eigenvalue weighted by molar-refractivity contribution is -0.275. The predicted molar refractivity (Wildman–Crippen MR) is 53.4 cm³/mol. The lowest BCUT2D eigenvalue weighted by Gasteiger charge is -2.14. The van der Waals surface area contributed by atoms with E-state index in [-0.39, 0.29) is 11.5 Å². The van der Waals surface area contributed by atoms with E-state index in [0.29, 0.717) is 0 Å². The van der Waals surface area contributed by atoms with Gasteiger partial charge < -0.3 is 9.47 Å². The van der Waals surface area contributed by atoms with Crippen LogP contribution in [0.1, 0.15) is 19.4 Å². The molecule has 0 aliphatic rings. The van der Waals surface area contributed by atoms with E-state index in [1.807, 2.05) is 13.8 Å². The second-order valence-corrected chi connectivity index (χ2v) is 3.41. The summed E-state index contributed by atoms with van der Waals surface area (Å²) < 4.78 is 44.8. The summed E-state index contributed by atoms with van der Waals surface area (Å²) >= 11 is 0. The molecule has 1 aromatic carbocycles. The quantitative estimate of drug-likeness (QED) is 0.794. The largest absolute Gasteiger partial charge is 0.573 e. The number of ether oxygens (including phenoxy) is 2. The van der Waals surface area contributed by atoms with Gasteiger partial charge in [0.25, 0.3) is 0 Å². The summed E-state index contributed by atoms with van der Waals surface area (Å²) in [4.78, 5) is 0. The Kier molecular flexibility index (Phi) is 3.67. The van der Waals surface area contributed by atoms with Crippen molar-refractivity contribution in [3.05, 3.63) is 29.7 Å². The maximum Gasteiger partial charge on any atom is 0.573 e. The molecule has 1 aromatic rings. The van der Waals surface area contributed by atoms with E-state index in [0.717, 1.165) is 11.5 Å². The van der Waals surface area contributed by atoms with Crippen molar-refractivity contribution in [1.29, 1.82) is 0 Å². The minimum atomic E-state index is -4.71. The van der Waals surface area contributed by atoms with Crippen LogP contribution in [0.5, 0.6) is 11.5 Å². The molecular weight excluding hydrogens is 221 g/mol. The average molecular weight is 233 g/mol. The van der Waals surface area contributed by atoms with Gasteiger partial charge in [0, 0.05) is 0 Å². The summed E-state index contributed by atoms with van der Waals surface area (Å²) in [6.07, 6.45) is -4.71. The van der Waals surface area contributed by atoms with Gasteiger partial charge in [0.1, 0.15) is 0 Å². The van der Waals surface area contributed by atoms with Crippen LogP contribution in [0, 0.1) is 5.92 Å². The first-order valence-corrected chi connectivity index (χ1v) is 4.58. The highest BCUT2D eigenvalue weighted by atomic mass is 19.4. The monoisotopic (exact) mass is 233 g/mol. The van der Waals surface area contributed by atoms with Gasteiger partial charge in [-0.15, -0.1) is 13.2 Å². The Bertz CT molecular complexity index is 359. The van der Waals surface area contributed by atoms with Crippen molar-refractivity contribution in [2.75, 3.05) is 7.11 Å². The van der Waals surface area contributed by atoms with Gasteiger partial charge in [0.15, 0.2) is 11.5 Å². The van der Waals surface area contributed by atoms with E-state index in [1.54, 1.807) is 6.07 Å². The molecule has 0 bridgehead atoms. The first-order valence-electron chi connectivity index (χ1n) is 4.58. The lowest BCUT2D eigenvalue weighted by Crippen LogP contribution is -2.17. The van der Waals surface area contributed by atoms with Crippen LogP contribution in [0.15, 0.2) is 18.2 Å². The number of hydrogen-bond acceptors (Lipinski definition) is 2. The number of hydrogen-bond donors (Lipinski definition) is 0. The van der Waals surface area contributed by atoms with E-state index >= 15 is 0 Å². The Labute approximate surface area is 92.0 Å². The van der Waals surface area contributed by atoms with Crippen molar-refractivity contribution >= 4 is 0 Å². The fourth-order valence-corrected chi connectivity index (χ4v) is 1.19. The highest BCUT2D eigenvalue weighted by Gasteiger charge is 2.32. The van der Waals surface area contributed by atoms with Crippen LogP contribution in [0.4, 0.5) is 13.2 Å². The van der Waals surface area contributed by atoms with Crippen LogP contribution in [-0.2, 0) is 0 Å². The van der Waals surface area contributed by atoms with Gasteiger partial charge in [-0.25, -0.2) is 0 Å². The van der Waals surface area contributed by atoms with Crippen LogP contribution >= 0.6 is 0 Å². The van der Waals surface area contributed by atoms with Gasteiger partial charge in [-0.2, -0.15) is 0 Å². The zero-order valence-corrected chi connectivity index (χ0v) is 9.18. The average Bonchev–Trinajstić information content (AvgIpc) is 2.15. The molecule has 2 nitrogen and oxygen atoms in total. The molecule has 0 unspecified atom stereocenters.